The number of methoxy groups -OCH3 is 1. The van der Waals surface area contributed by atoms with Crippen molar-refractivity contribution in [2.75, 3.05) is 33.1 Å². The lowest BCUT2D eigenvalue weighted by Crippen LogP contribution is -2.23. The minimum atomic E-state index is 0.108. The van der Waals surface area contributed by atoms with E-state index < -0.39 is 0 Å². The molecule has 0 aliphatic carbocycles. The standard InChI is InChI=1S/C12H17BrN2O2/c1-15(2)12(16)6-7-14-11-8-9(17-3)4-5-10(11)13/h4-5,8,14H,6-7H2,1-3H3. The molecule has 1 aromatic carbocycles. The normalized spacial score (nSPS) is 9.88. The number of hydrogen-bond acceptors (Lipinski definition) is 3. The fourth-order valence-corrected chi connectivity index (χ4v) is 1.68. The van der Waals surface area contributed by atoms with Crippen LogP contribution in [0.4, 0.5) is 5.69 Å². The molecule has 0 aliphatic heterocycles. The fraction of sp³-hybridized carbons (Fsp3) is 0.417. The third-order valence-electron chi connectivity index (χ3n) is 2.33. The van der Waals surface area contributed by atoms with Gasteiger partial charge in [-0.15, -0.1) is 0 Å². The van der Waals surface area contributed by atoms with Crippen molar-refractivity contribution in [2.24, 2.45) is 0 Å². The lowest BCUT2D eigenvalue weighted by Gasteiger charge is -2.12. The zero-order valence-electron chi connectivity index (χ0n) is 10.3. The van der Waals surface area contributed by atoms with Crippen molar-refractivity contribution in [3.05, 3.63) is 22.7 Å². The first-order valence-corrected chi connectivity index (χ1v) is 6.11. The Hall–Kier alpha value is -1.23. The molecule has 0 heterocycles. The van der Waals surface area contributed by atoms with Gasteiger partial charge < -0.3 is 15.0 Å². The molecule has 5 heteroatoms. The van der Waals surface area contributed by atoms with Gasteiger partial charge in [0.15, 0.2) is 0 Å². The van der Waals surface area contributed by atoms with Crippen LogP contribution in [0, 0.1) is 0 Å². The number of nitrogens with one attached hydrogen (secondary N) is 1. The SMILES string of the molecule is COc1ccc(Br)c(NCCC(=O)N(C)C)c1. The van der Waals surface area contributed by atoms with Crippen molar-refractivity contribution >= 4 is 27.5 Å². The smallest absolute Gasteiger partial charge is 0.223 e. The number of amides is 1. The maximum Gasteiger partial charge on any atom is 0.223 e. The van der Waals surface area contributed by atoms with Crippen LogP contribution < -0.4 is 10.1 Å². The molecular weight excluding hydrogens is 284 g/mol. The van der Waals surface area contributed by atoms with Gasteiger partial charge in [-0.3, -0.25) is 4.79 Å². The van der Waals surface area contributed by atoms with E-state index in [1.807, 2.05) is 18.2 Å². The molecule has 1 N–H and O–H groups in total. The molecule has 17 heavy (non-hydrogen) atoms. The van der Waals surface area contributed by atoms with Gasteiger partial charge in [0.05, 0.1) is 12.8 Å². The summed E-state index contributed by atoms with van der Waals surface area (Å²) in [6.07, 6.45) is 0.469. The van der Waals surface area contributed by atoms with Crippen molar-refractivity contribution in [1.29, 1.82) is 0 Å². The van der Waals surface area contributed by atoms with Gasteiger partial charge in [-0.05, 0) is 28.1 Å². The number of halogens is 1. The Morgan fingerprint density at radius 2 is 2.18 bits per heavy atom. The summed E-state index contributed by atoms with van der Waals surface area (Å²) in [7, 11) is 5.14. The van der Waals surface area contributed by atoms with Gasteiger partial charge in [0, 0.05) is 37.6 Å². The molecule has 94 valence electrons. The highest BCUT2D eigenvalue weighted by Crippen LogP contribution is 2.26. The van der Waals surface area contributed by atoms with E-state index in [2.05, 4.69) is 21.2 Å². The summed E-state index contributed by atoms with van der Waals surface area (Å²) in [4.78, 5) is 13.0. The van der Waals surface area contributed by atoms with Crippen LogP contribution in [0.1, 0.15) is 6.42 Å². The molecule has 0 aromatic heterocycles. The summed E-state index contributed by atoms with van der Waals surface area (Å²) in [5.41, 5.74) is 0.927. The maximum absolute atomic E-state index is 11.4. The molecule has 0 saturated heterocycles. The van der Waals surface area contributed by atoms with E-state index in [-0.39, 0.29) is 5.91 Å². The molecule has 0 unspecified atom stereocenters. The summed E-state index contributed by atoms with van der Waals surface area (Å²) in [5.74, 6) is 0.895. The largest absolute Gasteiger partial charge is 0.497 e. The highest BCUT2D eigenvalue weighted by atomic mass is 79.9. The van der Waals surface area contributed by atoms with Crippen LogP contribution in [0.2, 0.25) is 0 Å². The summed E-state index contributed by atoms with van der Waals surface area (Å²) in [6.45, 7) is 0.600. The molecule has 0 saturated carbocycles. The number of anilines is 1. The van der Waals surface area contributed by atoms with Crippen LogP contribution in [-0.2, 0) is 4.79 Å². The van der Waals surface area contributed by atoms with Crippen LogP contribution in [0.25, 0.3) is 0 Å². The molecule has 1 amide bonds. The average Bonchev–Trinajstić information content (AvgIpc) is 2.31. The van der Waals surface area contributed by atoms with Crippen molar-refractivity contribution in [1.82, 2.24) is 4.90 Å². The highest BCUT2D eigenvalue weighted by Gasteiger charge is 2.05. The lowest BCUT2D eigenvalue weighted by atomic mass is 10.3. The van der Waals surface area contributed by atoms with Gasteiger partial charge in [-0.1, -0.05) is 0 Å². The van der Waals surface area contributed by atoms with Crippen LogP contribution >= 0.6 is 15.9 Å². The number of hydrogen-bond donors (Lipinski definition) is 1. The van der Waals surface area contributed by atoms with Gasteiger partial charge in [-0.2, -0.15) is 0 Å². The van der Waals surface area contributed by atoms with Crippen LogP contribution in [-0.4, -0.2) is 38.6 Å². The van der Waals surface area contributed by atoms with E-state index in [0.717, 1.165) is 15.9 Å². The van der Waals surface area contributed by atoms with Crippen LogP contribution in [0.5, 0.6) is 5.75 Å². The third kappa shape index (κ3) is 4.26. The second kappa shape index (κ2) is 6.49. The molecule has 0 radical (unpaired) electrons. The fourth-order valence-electron chi connectivity index (χ4n) is 1.29. The number of ether oxygens (including phenoxy) is 1. The Balaban J connectivity index is 2.54. The zero-order chi connectivity index (χ0) is 12.8. The average molecular weight is 301 g/mol. The Morgan fingerprint density at radius 1 is 1.47 bits per heavy atom. The molecule has 0 fully saturated rings. The number of carbonyl (C=O) groups excluding carboxylic acids is 1. The van der Waals surface area contributed by atoms with E-state index in [0.29, 0.717) is 13.0 Å². The monoisotopic (exact) mass is 300 g/mol. The van der Waals surface area contributed by atoms with Crippen LogP contribution in [0.15, 0.2) is 22.7 Å². The van der Waals surface area contributed by atoms with Gasteiger partial charge in [0.1, 0.15) is 5.75 Å². The van der Waals surface area contributed by atoms with Gasteiger partial charge >= 0.3 is 0 Å². The van der Waals surface area contributed by atoms with Gasteiger partial charge in [-0.25, -0.2) is 0 Å². The Kier molecular flexibility index (Phi) is 5.28. The lowest BCUT2D eigenvalue weighted by molar-refractivity contribution is -0.128. The topological polar surface area (TPSA) is 41.6 Å². The minimum Gasteiger partial charge on any atom is -0.497 e. The Labute approximate surface area is 110 Å². The molecule has 1 aromatic rings. The molecule has 4 nitrogen and oxygen atoms in total. The summed E-state index contributed by atoms with van der Waals surface area (Å²) < 4.78 is 6.09. The van der Waals surface area contributed by atoms with Crippen molar-refractivity contribution in [2.45, 2.75) is 6.42 Å². The van der Waals surface area contributed by atoms with E-state index in [4.69, 9.17) is 4.74 Å². The van der Waals surface area contributed by atoms with E-state index in [9.17, 15) is 4.79 Å². The zero-order valence-corrected chi connectivity index (χ0v) is 11.9. The predicted octanol–water partition coefficient (Wildman–Crippen LogP) is 2.35. The van der Waals surface area contributed by atoms with Gasteiger partial charge in [0.25, 0.3) is 0 Å². The molecule has 1 rings (SSSR count). The molecule has 0 bridgehead atoms. The number of benzene rings is 1. The first-order chi connectivity index (χ1) is 8.04. The quantitative estimate of drug-likeness (QED) is 0.907. The van der Waals surface area contributed by atoms with E-state index in [1.54, 1.807) is 26.1 Å². The second-order valence-corrected chi connectivity index (χ2v) is 4.67. The maximum atomic E-state index is 11.4. The number of rotatable bonds is 5. The molecular formula is C12H17BrN2O2. The molecule has 0 aliphatic rings. The molecule has 0 atom stereocenters. The van der Waals surface area contributed by atoms with Gasteiger partial charge in [0.2, 0.25) is 5.91 Å². The first kappa shape index (κ1) is 13.8. The predicted molar refractivity (Wildman–Crippen MR) is 72.5 cm³/mol. The summed E-state index contributed by atoms with van der Waals surface area (Å²) in [5, 5.41) is 3.20. The van der Waals surface area contributed by atoms with E-state index >= 15 is 0 Å². The van der Waals surface area contributed by atoms with Crippen molar-refractivity contribution in [3.8, 4) is 5.75 Å². The van der Waals surface area contributed by atoms with Crippen molar-refractivity contribution in [3.63, 3.8) is 0 Å². The second-order valence-electron chi connectivity index (χ2n) is 3.81. The Bertz CT molecular complexity index is 394. The summed E-state index contributed by atoms with van der Waals surface area (Å²) >= 11 is 3.44. The Morgan fingerprint density at radius 3 is 2.76 bits per heavy atom. The highest BCUT2D eigenvalue weighted by molar-refractivity contribution is 9.10. The van der Waals surface area contributed by atoms with Crippen molar-refractivity contribution < 1.29 is 9.53 Å². The third-order valence-corrected chi connectivity index (χ3v) is 3.02. The minimum absolute atomic E-state index is 0.108. The van der Waals surface area contributed by atoms with Crippen LogP contribution in [0.3, 0.4) is 0 Å². The van der Waals surface area contributed by atoms with E-state index in [1.165, 1.54) is 0 Å². The molecule has 0 spiro atoms. The number of carbonyl (C=O) groups is 1. The number of nitrogens with zero attached hydrogens (tertiary/aromatic N) is 1. The first-order valence-electron chi connectivity index (χ1n) is 5.32. The summed E-state index contributed by atoms with van der Waals surface area (Å²) in [6, 6.07) is 5.68.